The summed E-state index contributed by atoms with van der Waals surface area (Å²) in [6.07, 6.45) is 0. The number of primary amides is 1. The van der Waals surface area contributed by atoms with Gasteiger partial charge >= 0.3 is 0 Å². The molecule has 2 N–H and O–H groups in total. The van der Waals surface area contributed by atoms with E-state index in [0.29, 0.717) is 24.8 Å². The molecule has 0 aliphatic heterocycles. The van der Waals surface area contributed by atoms with Crippen LogP contribution in [0.15, 0.2) is 0 Å². The number of rotatable bonds is 6. The second-order valence-corrected chi connectivity index (χ2v) is 2.88. The average molecular weight is 236 g/mol. The topological polar surface area (TPSA) is 46.3 Å². The summed E-state index contributed by atoms with van der Waals surface area (Å²) in [6, 6.07) is 0. The van der Waals surface area contributed by atoms with Crippen molar-refractivity contribution in [2.24, 2.45) is 5.73 Å². The summed E-state index contributed by atoms with van der Waals surface area (Å²) in [4.78, 5) is 12.3. The number of carbonyl (C=O) groups excluding carboxylic acids is 1. The molecular formula is C6H13Cl3N2O. The minimum Gasteiger partial charge on any atom is -0.369 e. The van der Waals surface area contributed by atoms with Crippen LogP contribution in [-0.2, 0) is 4.79 Å². The Morgan fingerprint density at radius 3 is 1.92 bits per heavy atom. The highest BCUT2D eigenvalue weighted by molar-refractivity contribution is 6.18. The van der Waals surface area contributed by atoms with Crippen LogP contribution in [0.4, 0.5) is 0 Å². The van der Waals surface area contributed by atoms with E-state index < -0.39 is 0 Å². The van der Waals surface area contributed by atoms with E-state index in [1.165, 1.54) is 0 Å². The molecule has 0 rings (SSSR count). The third-order valence-electron chi connectivity index (χ3n) is 1.18. The summed E-state index contributed by atoms with van der Waals surface area (Å²) in [5, 5.41) is 0. The first kappa shape index (κ1) is 14.8. The van der Waals surface area contributed by atoms with Crippen molar-refractivity contribution in [3.8, 4) is 0 Å². The van der Waals surface area contributed by atoms with Crippen LogP contribution in [0.5, 0.6) is 0 Å². The van der Waals surface area contributed by atoms with Gasteiger partial charge in [-0.05, 0) is 0 Å². The Labute approximate surface area is 88.6 Å². The molecule has 0 saturated carbocycles. The molecule has 0 aromatic rings. The molecule has 0 aliphatic carbocycles. The van der Waals surface area contributed by atoms with Gasteiger partial charge in [0.2, 0.25) is 5.91 Å². The molecule has 0 radical (unpaired) electrons. The molecule has 0 bridgehead atoms. The lowest BCUT2D eigenvalue weighted by Crippen LogP contribution is -2.36. The molecule has 0 aromatic carbocycles. The molecule has 3 nitrogen and oxygen atoms in total. The van der Waals surface area contributed by atoms with Crippen molar-refractivity contribution in [1.82, 2.24) is 4.90 Å². The van der Waals surface area contributed by atoms with E-state index in [-0.39, 0.29) is 24.9 Å². The molecule has 0 aromatic heterocycles. The van der Waals surface area contributed by atoms with Gasteiger partial charge in [-0.1, -0.05) is 0 Å². The Morgan fingerprint density at radius 2 is 1.67 bits per heavy atom. The smallest absolute Gasteiger partial charge is 0.231 e. The van der Waals surface area contributed by atoms with Gasteiger partial charge < -0.3 is 5.73 Å². The van der Waals surface area contributed by atoms with E-state index in [1.807, 2.05) is 4.90 Å². The number of hydrogen-bond donors (Lipinski definition) is 1. The van der Waals surface area contributed by atoms with E-state index in [2.05, 4.69) is 0 Å². The third-order valence-corrected chi connectivity index (χ3v) is 1.52. The fourth-order valence-corrected chi connectivity index (χ4v) is 1.21. The van der Waals surface area contributed by atoms with E-state index in [1.54, 1.807) is 0 Å². The van der Waals surface area contributed by atoms with Crippen LogP contribution in [0.3, 0.4) is 0 Å². The minimum absolute atomic E-state index is 0. The number of amides is 1. The Hall–Kier alpha value is 0.300. The highest BCUT2D eigenvalue weighted by Crippen LogP contribution is 1.90. The zero-order chi connectivity index (χ0) is 8.69. The number of halogens is 3. The van der Waals surface area contributed by atoms with Crippen molar-refractivity contribution in [2.45, 2.75) is 0 Å². The molecule has 0 heterocycles. The SMILES string of the molecule is Cl.NC(=O)CN(CCCl)CCCl. The van der Waals surface area contributed by atoms with Crippen molar-refractivity contribution in [2.75, 3.05) is 31.4 Å². The van der Waals surface area contributed by atoms with Crippen molar-refractivity contribution in [3.05, 3.63) is 0 Å². The maximum absolute atomic E-state index is 10.5. The van der Waals surface area contributed by atoms with Crippen LogP contribution >= 0.6 is 35.6 Å². The lowest BCUT2D eigenvalue weighted by Gasteiger charge is -2.17. The molecule has 0 atom stereocenters. The van der Waals surface area contributed by atoms with Crippen molar-refractivity contribution >= 4 is 41.5 Å². The average Bonchev–Trinajstić information content (AvgIpc) is 1.87. The number of nitrogens with zero attached hydrogens (tertiary/aromatic N) is 1. The van der Waals surface area contributed by atoms with Gasteiger partial charge in [-0.15, -0.1) is 35.6 Å². The Balaban J connectivity index is 0. The molecular weight excluding hydrogens is 222 g/mol. The molecule has 0 fully saturated rings. The van der Waals surface area contributed by atoms with Crippen LogP contribution in [-0.4, -0.2) is 42.2 Å². The van der Waals surface area contributed by atoms with Crippen molar-refractivity contribution in [3.63, 3.8) is 0 Å². The highest BCUT2D eigenvalue weighted by atomic mass is 35.5. The van der Waals surface area contributed by atoms with Crippen LogP contribution in [0.25, 0.3) is 0 Å². The van der Waals surface area contributed by atoms with Gasteiger partial charge in [-0.3, -0.25) is 9.69 Å². The maximum atomic E-state index is 10.5. The standard InChI is InChI=1S/C6H12Cl2N2O.ClH/c7-1-3-10(4-2-8)5-6(9)11;/h1-5H2,(H2,9,11);1H. The van der Waals surface area contributed by atoms with Gasteiger partial charge in [0.05, 0.1) is 6.54 Å². The normalized spacial score (nSPS) is 9.58. The number of hydrogen-bond acceptors (Lipinski definition) is 2. The maximum Gasteiger partial charge on any atom is 0.231 e. The van der Waals surface area contributed by atoms with E-state index in [4.69, 9.17) is 28.9 Å². The third kappa shape index (κ3) is 8.40. The Kier molecular flexibility index (Phi) is 11.6. The predicted octanol–water partition coefficient (Wildman–Crippen LogP) is 0.673. The largest absolute Gasteiger partial charge is 0.369 e. The van der Waals surface area contributed by atoms with Crippen LogP contribution in [0, 0.1) is 0 Å². The molecule has 0 unspecified atom stereocenters. The summed E-state index contributed by atoms with van der Waals surface area (Å²) in [5.41, 5.74) is 4.99. The zero-order valence-electron chi connectivity index (χ0n) is 6.63. The van der Waals surface area contributed by atoms with Crippen molar-refractivity contribution < 1.29 is 4.79 Å². The first-order valence-electron chi connectivity index (χ1n) is 3.33. The molecule has 0 spiro atoms. The highest BCUT2D eigenvalue weighted by Gasteiger charge is 2.05. The second kappa shape index (κ2) is 9.39. The van der Waals surface area contributed by atoms with Crippen LogP contribution < -0.4 is 5.73 Å². The number of carbonyl (C=O) groups is 1. The first-order valence-corrected chi connectivity index (χ1v) is 4.40. The van der Waals surface area contributed by atoms with Gasteiger partial charge in [0.25, 0.3) is 0 Å². The Morgan fingerprint density at radius 1 is 1.25 bits per heavy atom. The zero-order valence-corrected chi connectivity index (χ0v) is 8.96. The molecule has 1 amide bonds. The van der Waals surface area contributed by atoms with Crippen molar-refractivity contribution in [1.29, 1.82) is 0 Å². The van der Waals surface area contributed by atoms with Gasteiger partial charge in [0, 0.05) is 24.8 Å². The molecule has 0 saturated heterocycles. The molecule has 6 heteroatoms. The summed E-state index contributed by atoms with van der Waals surface area (Å²) < 4.78 is 0. The summed E-state index contributed by atoms with van der Waals surface area (Å²) in [6.45, 7) is 1.54. The monoisotopic (exact) mass is 234 g/mol. The second-order valence-electron chi connectivity index (χ2n) is 2.12. The fourth-order valence-electron chi connectivity index (χ4n) is 0.729. The quantitative estimate of drug-likeness (QED) is 0.688. The fraction of sp³-hybridized carbons (Fsp3) is 0.833. The number of nitrogens with two attached hydrogens (primary N) is 1. The molecule has 0 aliphatic rings. The van der Waals surface area contributed by atoms with E-state index >= 15 is 0 Å². The summed E-state index contributed by atoms with van der Waals surface area (Å²) in [7, 11) is 0. The first-order chi connectivity index (χ1) is 5.20. The van der Waals surface area contributed by atoms with Gasteiger partial charge in [-0.25, -0.2) is 0 Å². The minimum atomic E-state index is -0.347. The van der Waals surface area contributed by atoms with Crippen LogP contribution in [0.1, 0.15) is 0 Å². The summed E-state index contributed by atoms with van der Waals surface area (Å²) >= 11 is 11.0. The lowest BCUT2D eigenvalue weighted by molar-refractivity contribution is -0.119. The van der Waals surface area contributed by atoms with Gasteiger partial charge in [0.1, 0.15) is 0 Å². The van der Waals surface area contributed by atoms with E-state index in [9.17, 15) is 4.79 Å². The van der Waals surface area contributed by atoms with Gasteiger partial charge in [-0.2, -0.15) is 0 Å². The van der Waals surface area contributed by atoms with E-state index in [0.717, 1.165) is 0 Å². The van der Waals surface area contributed by atoms with Crippen LogP contribution in [0.2, 0.25) is 0 Å². The molecule has 74 valence electrons. The van der Waals surface area contributed by atoms with Gasteiger partial charge in [0.15, 0.2) is 0 Å². The number of alkyl halides is 2. The Bertz CT molecular complexity index is 117. The predicted molar refractivity (Wildman–Crippen MR) is 54.3 cm³/mol. The lowest BCUT2D eigenvalue weighted by atomic mass is 10.4. The summed E-state index contributed by atoms with van der Waals surface area (Å²) in [5.74, 6) is 0.633. The molecule has 12 heavy (non-hydrogen) atoms.